The summed E-state index contributed by atoms with van der Waals surface area (Å²) in [4.78, 5) is 11.6. The molecule has 1 aromatic rings. The van der Waals surface area contributed by atoms with Crippen LogP contribution in [0.3, 0.4) is 0 Å². The molecule has 1 rings (SSSR count). The highest BCUT2D eigenvalue weighted by Gasteiger charge is 2.30. The highest BCUT2D eigenvalue weighted by atomic mass is 79.9. The SMILES string of the molecule is O=C(CCBr)c1ccc(CCl)c(SC(F)(F)F)c1. The number of halogens is 5. The summed E-state index contributed by atoms with van der Waals surface area (Å²) in [6, 6.07) is 4.21. The molecule has 7 heteroatoms. The van der Waals surface area contributed by atoms with E-state index in [0.717, 1.165) is 0 Å². The molecule has 1 nitrogen and oxygen atoms in total. The topological polar surface area (TPSA) is 17.1 Å². The fourth-order valence-corrected chi connectivity index (χ4v) is 2.67. The van der Waals surface area contributed by atoms with E-state index in [4.69, 9.17) is 11.6 Å². The lowest BCUT2D eigenvalue weighted by Gasteiger charge is -2.11. The summed E-state index contributed by atoms with van der Waals surface area (Å²) >= 11 is 8.45. The normalized spacial score (nSPS) is 11.6. The smallest absolute Gasteiger partial charge is 0.294 e. The van der Waals surface area contributed by atoms with Gasteiger partial charge in [-0.3, -0.25) is 4.79 Å². The summed E-state index contributed by atoms with van der Waals surface area (Å²) in [6.07, 6.45) is 0.246. The summed E-state index contributed by atoms with van der Waals surface area (Å²) < 4.78 is 37.1. The molecule has 1 aromatic carbocycles. The molecule has 0 atom stereocenters. The van der Waals surface area contributed by atoms with Crippen LogP contribution in [-0.2, 0) is 5.88 Å². The van der Waals surface area contributed by atoms with Gasteiger partial charge in [0.1, 0.15) is 0 Å². The van der Waals surface area contributed by atoms with Gasteiger partial charge in [-0.25, -0.2) is 0 Å². The molecule has 0 aliphatic heterocycles. The molecule has 0 unspecified atom stereocenters. The zero-order valence-corrected chi connectivity index (χ0v) is 12.2. The van der Waals surface area contributed by atoms with Gasteiger partial charge in [0.05, 0.1) is 0 Å². The lowest BCUT2D eigenvalue weighted by atomic mass is 10.1. The summed E-state index contributed by atoms with van der Waals surface area (Å²) in [7, 11) is 0. The number of ketones is 1. The van der Waals surface area contributed by atoms with E-state index in [2.05, 4.69) is 15.9 Å². The van der Waals surface area contributed by atoms with Crippen LogP contribution < -0.4 is 0 Å². The zero-order chi connectivity index (χ0) is 13.8. The number of carbonyl (C=O) groups is 1. The predicted molar refractivity (Wildman–Crippen MR) is 70.7 cm³/mol. The number of rotatable bonds is 5. The van der Waals surface area contributed by atoms with Crippen molar-refractivity contribution < 1.29 is 18.0 Å². The van der Waals surface area contributed by atoms with E-state index in [1.54, 1.807) is 0 Å². The van der Waals surface area contributed by atoms with Gasteiger partial charge in [-0.1, -0.05) is 28.1 Å². The van der Waals surface area contributed by atoms with Crippen LogP contribution in [-0.4, -0.2) is 16.6 Å². The van der Waals surface area contributed by atoms with Crippen LogP contribution in [0.15, 0.2) is 23.1 Å². The van der Waals surface area contributed by atoms with E-state index in [1.807, 2.05) is 0 Å². The minimum Gasteiger partial charge on any atom is -0.294 e. The average molecular weight is 362 g/mol. The maximum atomic E-state index is 12.4. The summed E-state index contributed by atoms with van der Waals surface area (Å²) in [5, 5.41) is 0.477. The fraction of sp³-hybridized carbons (Fsp3) is 0.364. The largest absolute Gasteiger partial charge is 0.446 e. The van der Waals surface area contributed by atoms with E-state index in [1.165, 1.54) is 18.2 Å². The Labute approximate surface area is 120 Å². The molecular weight excluding hydrogens is 353 g/mol. The van der Waals surface area contributed by atoms with Gasteiger partial charge in [-0.2, -0.15) is 13.2 Å². The molecule has 0 fully saturated rings. The Bertz CT molecular complexity index is 437. The molecule has 0 aromatic heterocycles. The van der Waals surface area contributed by atoms with Crippen molar-refractivity contribution >= 4 is 45.1 Å². The molecule has 0 aliphatic rings. The Morgan fingerprint density at radius 1 is 1.39 bits per heavy atom. The zero-order valence-electron chi connectivity index (χ0n) is 9.06. The van der Waals surface area contributed by atoms with Gasteiger partial charge >= 0.3 is 5.51 Å². The predicted octanol–water partition coefficient (Wildman–Crippen LogP) is 5.01. The van der Waals surface area contributed by atoms with E-state index in [-0.39, 0.29) is 40.3 Å². The van der Waals surface area contributed by atoms with Crippen molar-refractivity contribution in [2.75, 3.05) is 5.33 Å². The Balaban J connectivity index is 3.05. The monoisotopic (exact) mass is 360 g/mol. The van der Waals surface area contributed by atoms with Crippen LogP contribution in [0.25, 0.3) is 0 Å². The second-order valence-corrected chi connectivity index (χ2v) is 5.53. The minimum absolute atomic E-state index is 0.0158. The Morgan fingerprint density at radius 2 is 2.06 bits per heavy atom. The van der Waals surface area contributed by atoms with Gasteiger partial charge in [0.15, 0.2) is 5.78 Å². The molecular formula is C11H9BrClF3OS. The van der Waals surface area contributed by atoms with E-state index >= 15 is 0 Å². The fourth-order valence-electron chi connectivity index (χ4n) is 1.29. The lowest BCUT2D eigenvalue weighted by Crippen LogP contribution is -2.04. The Morgan fingerprint density at radius 3 is 2.56 bits per heavy atom. The first-order valence-electron chi connectivity index (χ1n) is 4.91. The molecule has 0 heterocycles. The Kier molecular flexibility index (Phi) is 6.01. The van der Waals surface area contributed by atoms with Gasteiger partial charge in [0.25, 0.3) is 0 Å². The first-order chi connectivity index (χ1) is 8.37. The first kappa shape index (κ1) is 15.9. The van der Waals surface area contributed by atoms with Gasteiger partial charge in [0.2, 0.25) is 0 Å². The Hall–Kier alpha value is -0.200. The number of hydrogen-bond acceptors (Lipinski definition) is 2. The number of thioether (sulfide) groups is 1. The molecule has 0 saturated carbocycles. The van der Waals surface area contributed by atoms with Crippen LogP contribution >= 0.6 is 39.3 Å². The third-order valence-electron chi connectivity index (χ3n) is 2.08. The lowest BCUT2D eigenvalue weighted by molar-refractivity contribution is -0.0328. The van der Waals surface area contributed by atoms with Crippen molar-refractivity contribution in [2.45, 2.75) is 22.7 Å². The molecule has 0 radical (unpaired) electrons. The molecule has 0 spiro atoms. The van der Waals surface area contributed by atoms with E-state index in [0.29, 0.717) is 10.9 Å². The second-order valence-electron chi connectivity index (χ2n) is 3.37. The number of hydrogen-bond donors (Lipinski definition) is 0. The molecule has 0 amide bonds. The van der Waals surface area contributed by atoms with E-state index in [9.17, 15) is 18.0 Å². The highest BCUT2D eigenvalue weighted by molar-refractivity contribution is 9.09. The van der Waals surface area contributed by atoms with Gasteiger partial charge < -0.3 is 0 Å². The first-order valence-corrected chi connectivity index (χ1v) is 7.38. The highest BCUT2D eigenvalue weighted by Crippen LogP contribution is 2.39. The van der Waals surface area contributed by atoms with Gasteiger partial charge in [-0.15, -0.1) is 11.6 Å². The van der Waals surface area contributed by atoms with Crippen molar-refractivity contribution in [3.05, 3.63) is 29.3 Å². The van der Waals surface area contributed by atoms with Crippen molar-refractivity contribution in [3.63, 3.8) is 0 Å². The van der Waals surface area contributed by atoms with Crippen molar-refractivity contribution in [3.8, 4) is 0 Å². The standard InChI is InChI=1S/C11H9BrClF3OS/c12-4-3-9(17)7-1-2-8(6-13)10(5-7)18-11(14,15)16/h1-2,5H,3-4,6H2. The molecule has 100 valence electrons. The summed E-state index contributed by atoms with van der Waals surface area (Å²) in [5.74, 6) is -0.220. The minimum atomic E-state index is -4.39. The maximum absolute atomic E-state index is 12.4. The molecule has 0 bridgehead atoms. The maximum Gasteiger partial charge on any atom is 0.446 e. The number of carbonyl (C=O) groups excluding carboxylic acids is 1. The van der Waals surface area contributed by atoms with Crippen LogP contribution in [0.1, 0.15) is 22.3 Å². The van der Waals surface area contributed by atoms with Crippen LogP contribution in [0, 0.1) is 0 Å². The third kappa shape index (κ3) is 4.82. The van der Waals surface area contributed by atoms with Crippen LogP contribution in [0.4, 0.5) is 13.2 Å². The van der Waals surface area contributed by atoms with Crippen LogP contribution in [0.5, 0.6) is 0 Å². The molecule has 18 heavy (non-hydrogen) atoms. The van der Waals surface area contributed by atoms with Crippen molar-refractivity contribution in [1.82, 2.24) is 0 Å². The molecule has 0 N–H and O–H groups in total. The molecule has 0 saturated heterocycles. The summed E-state index contributed by atoms with van der Waals surface area (Å²) in [5.41, 5.74) is -3.75. The van der Waals surface area contributed by atoms with Crippen molar-refractivity contribution in [1.29, 1.82) is 0 Å². The number of benzene rings is 1. The second kappa shape index (κ2) is 6.82. The van der Waals surface area contributed by atoms with Gasteiger partial charge in [-0.05, 0) is 23.4 Å². The average Bonchev–Trinajstić information content (AvgIpc) is 2.27. The van der Waals surface area contributed by atoms with E-state index < -0.39 is 5.51 Å². The van der Waals surface area contributed by atoms with Crippen LogP contribution in [0.2, 0.25) is 0 Å². The molecule has 0 aliphatic carbocycles. The van der Waals surface area contributed by atoms with Gasteiger partial charge in [0, 0.05) is 28.1 Å². The number of alkyl halides is 5. The third-order valence-corrected chi connectivity index (χ3v) is 3.60. The quantitative estimate of drug-likeness (QED) is 0.417. The number of Topliss-reactive ketones (excluding diaryl/α,β-unsaturated/α-hetero) is 1. The van der Waals surface area contributed by atoms with Crippen molar-refractivity contribution in [2.24, 2.45) is 0 Å². The summed E-state index contributed by atoms with van der Waals surface area (Å²) in [6.45, 7) is 0.